The number of ketones is 2. The van der Waals surface area contributed by atoms with Crippen molar-refractivity contribution in [2.24, 2.45) is 17.3 Å². The summed E-state index contributed by atoms with van der Waals surface area (Å²) in [5.74, 6) is -2.13. The number of fused-ring (bicyclic) bond motifs is 2. The fourth-order valence-electron chi connectivity index (χ4n) is 12.2. The molecule has 4 aromatic rings. The van der Waals surface area contributed by atoms with Crippen LogP contribution in [0.1, 0.15) is 148 Å². The lowest BCUT2D eigenvalue weighted by molar-refractivity contribution is -0.146. The lowest BCUT2D eigenvalue weighted by Gasteiger charge is -2.36. The highest BCUT2D eigenvalue weighted by molar-refractivity contribution is 6.79. The van der Waals surface area contributed by atoms with Gasteiger partial charge in [-0.05, 0) is 109 Å². The van der Waals surface area contributed by atoms with Crippen molar-refractivity contribution in [1.29, 1.82) is 0 Å². The van der Waals surface area contributed by atoms with Gasteiger partial charge in [0.15, 0.2) is 5.78 Å². The Labute approximate surface area is 475 Å². The zero-order valence-electron chi connectivity index (χ0n) is 48.7. The number of hydrogen-bond acceptors (Lipinski definition) is 9. The van der Waals surface area contributed by atoms with E-state index in [1.807, 2.05) is 95.3 Å². The summed E-state index contributed by atoms with van der Waals surface area (Å²) < 4.78 is 6.48. The third kappa shape index (κ3) is 14.6. The quantitative estimate of drug-likeness (QED) is 0.0468. The Bertz CT molecular complexity index is 2880. The molecule has 2 aliphatic carbocycles. The molecule has 15 heteroatoms. The van der Waals surface area contributed by atoms with Crippen LogP contribution in [0.5, 0.6) is 0 Å². The van der Waals surface area contributed by atoms with E-state index in [1.54, 1.807) is 35.9 Å². The second kappa shape index (κ2) is 26.1. The number of hydrogen-bond donors (Lipinski definition) is 4. The van der Waals surface area contributed by atoms with E-state index in [2.05, 4.69) is 58.6 Å². The van der Waals surface area contributed by atoms with E-state index >= 15 is 0 Å². The van der Waals surface area contributed by atoms with Crippen molar-refractivity contribution in [3.63, 3.8) is 0 Å². The minimum Gasteiger partial charge on any atom is -0.372 e. The summed E-state index contributed by atoms with van der Waals surface area (Å²) in [5.41, 5.74) is 7.16. The van der Waals surface area contributed by atoms with Gasteiger partial charge in [-0.3, -0.25) is 33.6 Å². The van der Waals surface area contributed by atoms with Gasteiger partial charge in [-0.25, -0.2) is 0 Å². The molecule has 0 saturated carbocycles. The number of nitrogens with zero attached hydrogens (tertiary/aromatic N) is 2. The average Bonchev–Trinajstić information content (AvgIpc) is 4.04. The smallest absolute Gasteiger partial charge is 0.245 e. The van der Waals surface area contributed by atoms with Crippen LogP contribution in [-0.2, 0) is 65.8 Å². The topological polar surface area (TPSA) is 183 Å². The Morgan fingerprint density at radius 1 is 0.713 bits per heavy atom. The summed E-state index contributed by atoms with van der Waals surface area (Å²) in [4.78, 5) is 102. The van der Waals surface area contributed by atoms with E-state index in [1.165, 1.54) is 11.1 Å². The van der Waals surface area contributed by atoms with Crippen LogP contribution in [-0.4, -0.2) is 109 Å². The summed E-state index contributed by atoms with van der Waals surface area (Å²) in [7, 11) is -0.256. The molecular formula is C65H86N6O8Si. The third-order valence-electron chi connectivity index (χ3n) is 17.5. The number of benzene rings is 4. The molecule has 8 rings (SSSR count). The molecule has 9 atom stereocenters. The monoisotopic (exact) mass is 1110 g/mol. The molecule has 2 heterocycles. The fraction of sp³-hybridized carbons (Fsp3) is 0.523. The number of likely N-dealkylation sites (tertiary alicyclic amines) is 1. The van der Waals surface area contributed by atoms with Crippen molar-refractivity contribution in [1.82, 2.24) is 31.1 Å². The van der Waals surface area contributed by atoms with Gasteiger partial charge in [0.05, 0.1) is 38.9 Å². The summed E-state index contributed by atoms with van der Waals surface area (Å²) >= 11 is 0. The maximum Gasteiger partial charge on any atom is 0.245 e. The molecule has 2 aliphatic heterocycles. The molecule has 2 fully saturated rings. The molecule has 14 nitrogen and oxygen atoms in total. The van der Waals surface area contributed by atoms with E-state index in [4.69, 9.17) is 4.74 Å². The lowest BCUT2D eigenvalue weighted by atomic mass is 9.76. The van der Waals surface area contributed by atoms with Crippen molar-refractivity contribution in [2.45, 2.75) is 180 Å². The van der Waals surface area contributed by atoms with Crippen molar-refractivity contribution < 1.29 is 38.3 Å². The van der Waals surface area contributed by atoms with Crippen molar-refractivity contribution >= 4 is 49.2 Å². The van der Waals surface area contributed by atoms with Gasteiger partial charge in [0.25, 0.3) is 0 Å². The van der Waals surface area contributed by atoms with Crippen LogP contribution in [0.3, 0.4) is 0 Å². The lowest BCUT2D eigenvalue weighted by Crippen LogP contribution is -2.55. The molecular weight excluding hydrogens is 1020 g/mol. The highest BCUT2D eigenvalue weighted by Gasteiger charge is 2.48. The summed E-state index contributed by atoms with van der Waals surface area (Å²) in [6, 6.07) is 29.0. The normalized spacial score (nSPS) is 22.0. The van der Waals surface area contributed by atoms with Gasteiger partial charge < -0.3 is 35.8 Å². The molecule has 0 bridgehead atoms. The zero-order chi connectivity index (χ0) is 57.5. The number of rotatable bonds is 21. The molecule has 5 amide bonds. The first-order valence-electron chi connectivity index (χ1n) is 29.3. The number of aryl methyl sites for hydroxylation is 2. The molecule has 4 aromatic carbocycles. The Kier molecular flexibility index (Phi) is 19.5. The Hall–Kier alpha value is -6.29. The van der Waals surface area contributed by atoms with Crippen LogP contribution in [0.4, 0.5) is 0 Å². The molecule has 0 spiro atoms. The number of likely N-dealkylation sites (N-methyl/N-ethyl adjacent to an activating group) is 1. The number of carbonyl (C=O) groups is 7. The van der Waals surface area contributed by atoms with E-state index in [0.717, 1.165) is 66.3 Å². The molecule has 4 N–H and O–H groups in total. The Balaban J connectivity index is 0.900. The van der Waals surface area contributed by atoms with E-state index in [9.17, 15) is 33.6 Å². The number of nitrogens with one attached hydrogen (secondary N) is 4. The SMILES string of the molecule is CC[C@@H](C)C(=O)NC(Cc1ccc(CC(=O)c2ccc(CO[C@H]3C[C@@H](C(=O)NC4CCCc5ccccc54)N(C(=O)[C@@H](CC(=O)[C@H](C)NC)C(C)(C)C)C3)cc2)cc1)C(=O)N1C[Si](C)(C)C[C@H]1C(=O)NC1CCCc2ccccc21. The standard InChI is InChI=1S/C65H86N6O8Si/c1-10-41(2)60(74)69-55(64(78)71-40-80(8,9)39-57(71)62(76)68-54-24-16-20-47-18-12-14-22-51(47)54)33-43-25-27-44(28-26-43)34-59(73)48-31-29-45(30-32-48)38-79-49-35-56(61(75)67-53-23-15-19-46-17-11-13-21-50(46)53)70(37-49)63(77)52(65(4,5)6)36-58(72)42(3)66-7/h11-14,17-18,21-22,25-32,41-42,49,52-57,66H,10,15-16,19-20,23-24,33-40H2,1-9H3,(H,67,75)(H,68,76)(H,69,74)/t41-,42+,49+,52-,53?,54?,55?,56+,57+/m1/s1. The maximum absolute atomic E-state index is 14.7. The van der Waals surface area contributed by atoms with Gasteiger partial charge in [0.2, 0.25) is 29.5 Å². The minimum absolute atomic E-state index is 0.0505. The molecule has 428 valence electrons. The molecule has 0 aromatic heterocycles. The third-order valence-corrected chi connectivity index (χ3v) is 20.1. The van der Waals surface area contributed by atoms with Crippen LogP contribution >= 0.6 is 0 Å². The molecule has 3 unspecified atom stereocenters. The predicted octanol–water partition coefficient (Wildman–Crippen LogP) is 8.75. The van der Waals surface area contributed by atoms with E-state index < -0.39 is 49.7 Å². The minimum atomic E-state index is -1.98. The van der Waals surface area contributed by atoms with Crippen molar-refractivity contribution in [3.8, 4) is 0 Å². The van der Waals surface area contributed by atoms with Gasteiger partial charge in [-0.15, -0.1) is 0 Å². The van der Waals surface area contributed by atoms with Crippen LogP contribution in [0, 0.1) is 17.3 Å². The molecule has 2 saturated heterocycles. The number of amides is 5. The van der Waals surface area contributed by atoms with Crippen LogP contribution < -0.4 is 21.3 Å². The number of carbonyl (C=O) groups excluding carboxylic acids is 7. The maximum atomic E-state index is 14.7. The second-order valence-electron chi connectivity index (χ2n) is 25.1. The van der Waals surface area contributed by atoms with Gasteiger partial charge in [-0.1, -0.05) is 145 Å². The van der Waals surface area contributed by atoms with E-state index in [0.29, 0.717) is 30.6 Å². The van der Waals surface area contributed by atoms with Crippen LogP contribution in [0.2, 0.25) is 19.1 Å². The van der Waals surface area contributed by atoms with Gasteiger partial charge in [0.1, 0.15) is 23.9 Å². The van der Waals surface area contributed by atoms with Gasteiger partial charge in [0, 0.05) is 55.8 Å². The van der Waals surface area contributed by atoms with Crippen molar-refractivity contribution in [3.05, 3.63) is 142 Å². The van der Waals surface area contributed by atoms with Crippen molar-refractivity contribution in [2.75, 3.05) is 19.8 Å². The predicted molar refractivity (Wildman–Crippen MR) is 314 cm³/mol. The number of ether oxygens (including phenoxy) is 1. The second-order valence-corrected chi connectivity index (χ2v) is 30.2. The molecule has 0 radical (unpaired) electrons. The van der Waals surface area contributed by atoms with Crippen LogP contribution in [0.25, 0.3) is 0 Å². The summed E-state index contributed by atoms with van der Waals surface area (Å²) in [6.45, 7) is 16.3. The fourth-order valence-corrected chi connectivity index (χ4v) is 15.1. The first kappa shape index (κ1) is 59.8. The Morgan fingerprint density at radius 2 is 1.27 bits per heavy atom. The highest BCUT2D eigenvalue weighted by atomic mass is 28.3. The van der Waals surface area contributed by atoms with Gasteiger partial charge in [-0.2, -0.15) is 0 Å². The summed E-state index contributed by atoms with van der Waals surface area (Å²) in [5, 5.41) is 12.7. The molecule has 80 heavy (non-hydrogen) atoms. The average molecular weight is 1110 g/mol. The molecule has 4 aliphatic rings. The van der Waals surface area contributed by atoms with E-state index in [-0.39, 0.29) is 91.5 Å². The largest absolute Gasteiger partial charge is 0.372 e. The van der Waals surface area contributed by atoms with Crippen LogP contribution in [0.15, 0.2) is 97.1 Å². The summed E-state index contributed by atoms with van der Waals surface area (Å²) in [6.07, 6.45) is 6.94. The Morgan fingerprint density at radius 3 is 1.85 bits per heavy atom. The number of Topliss-reactive ketones (excluding diaryl/α,β-unsaturated/α-hetero) is 2. The first-order chi connectivity index (χ1) is 38.1. The first-order valence-corrected chi connectivity index (χ1v) is 32.7. The zero-order valence-corrected chi connectivity index (χ0v) is 49.7. The highest BCUT2D eigenvalue weighted by Crippen LogP contribution is 2.37. The van der Waals surface area contributed by atoms with Gasteiger partial charge >= 0.3 is 0 Å².